The van der Waals surface area contributed by atoms with Crippen LogP contribution in [0.4, 0.5) is 5.69 Å². The smallest absolute Gasteiger partial charge is 0.224 e. The molecule has 0 aliphatic rings. The highest BCUT2D eigenvalue weighted by molar-refractivity contribution is 5.99. The standard InChI is InChI=1S/C15H17N3O3/c1-10-4-5-11(15(16)18-20)9-13(10)17-14(19)7-6-12-3-2-8-21-12/h2-5,8-9,20H,6-7H2,1H3,(H2,16,18)(H,17,19). The molecule has 1 heterocycles. The maximum absolute atomic E-state index is 11.9. The monoisotopic (exact) mass is 287 g/mol. The number of hydrogen-bond donors (Lipinski definition) is 3. The Labute approximate surface area is 122 Å². The first-order valence-corrected chi connectivity index (χ1v) is 6.51. The van der Waals surface area contributed by atoms with Crippen LogP contribution in [0.15, 0.2) is 46.2 Å². The van der Waals surface area contributed by atoms with Gasteiger partial charge in [-0.25, -0.2) is 0 Å². The number of amidine groups is 1. The number of carbonyl (C=O) groups is 1. The van der Waals surface area contributed by atoms with E-state index in [0.29, 0.717) is 24.1 Å². The summed E-state index contributed by atoms with van der Waals surface area (Å²) in [7, 11) is 0. The highest BCUT2D eigenvalue weighted by Gasteiger charge is 2.08. The lowest BCUT2D eigenvalue weighted by molar-refractivity contribution is -0.116. The Kier molecular flexibility index (Phi) is 4.61. The molecule has 0 atom stereocenters. The minimum Gasteiger partial charge on any atom is -0.469 e. The van der Waals surface area contributed by atoms with Crippen LogP contribution in [0.5, 0.6) is 0 Å². The van der Waals surface area contributed by atoms with Crippen LogP contribution in [0.3, 0.4) is 0 Å². The van der Waals surface area contributed by atoms with Crippen molar-refractivity contribution in [3.63, 3.8) is 0 Å². The van der Waals surface area contributed by atoms with Crippen LogP contribution in [0.1, 0.15) is 23.3 Å². The summed E-state index contributed by atoms with van der Waals surface area (Å²) in [6.45, 7) is 1.87. The summed E-state index contributed by atoms with van der Waals surface area (Å²) in [6.07, 6.45) is 2.44. The minimum atomic E-state index is -0.119. The number of aryl methyl sites for hydroxylation is 2. The Bertz CT molecular complexity index is 648. The predicted octanol–water partition coefficient (Wildman–Crippen LogP) is 2.25. The molecule has 2 aromatic rings. The van der Waals surface area contributed by atoms with Crippen molar-refractivity contribution >= 4 is 17.4 Å². The molecule has 4 N–H and O–H groups in total. The van der Waals surface area contributed by atoms with Crippen LogP contribution in [-0.2, 0) is 11.2 Å². The third-order valence-electron chi connectivity index (χ3n) is 3.09. The molecule has 0 aliphatic heterocycles. The SMILES string of the molecule is Cc1ccc(C(N)=NO)cc1NC(=O)CCc1ccco1. The number of hydrogen-bond acceptors (Lipinski definition) is 4. The van der Waals surface area contributed by atoms with Gasteiger partial charge < -0.3 is 20.7 Å². The molecule has 0 bridgehead atoms. The Hall–Kier alpha value is -2.76. The van der Waals surface area contributed by atoms with E-state index < -0.39 is 0 Å². The van der Waals surface area contributed by atoms with Crippen LogP contribution >= 0.6 is 0 Å². The fourth-order valence-electron chi connectivity index (χ4n) is 1.88. The van der Waals surface area contributed by atoms with Gasteiger partial charge >= 0.3 is 0 Å². The third-order valence-corrected chi connectivity index (χ3v) is 3.09. The van der Waals surface area contributed by atoms with Gasteiger partial charge in [-0.2, -0.15) is 0 Å². The van der Waals surface area contributed by atoms with Gasteiger partial charge in [0, 0.05) is 24.1 Å². The summed E-state index contributed by atoms with van der Waals surface area (Å²) in [5.41, 5.74) is 7.63. The molecule has 0 saturated heterocycles. The van der Waals surface area contributed by atoms with Crippen LogP contribution in [-0.4, -0.2) is 17.0 Å². The van der Waals surface area contributed by atoms with Crippen molar-refractivity contribution in [1.82, 2.24) is 0 Å². The fourth-order valence-corrected chi connectivity index (χ4v) is 1.88. The van der Waals surface area contributed by atoms with Gasteiger partial charge in [0.15, 0.2) is 5.84 Å². The number of amides is 1. The topological polar surface area (TPSA) is 101 Å². The molecule has 0 saturated carbocycles. The van der Waals surface area contributed by atoms with E-state index in [4.69, 9.17) is 15.4 Å². The second-order valence-electron chi connectivity index (χ2n) is 4.64. The number of nitrogens with one attached hydrogen (secondary N) is 1. The van der Waals surface area contributed by atoms with Gasteiger partial charge in [-0.1, -0.05) is 17.3 Å². The van der Waals surface area contributed by atoms with Crippen molar-refractivity contribution in [3.8, 4) is 0 Å². The summed E-state index contributed by atoms with van der Waals surface area (Å²) >= 11 is 0. The number of anilines is 1. The van der Waals surface area contributed by atoms with Gasteiger partial charge in [-0.3, -0.25) is 4.79 Å². The Balaban J connectivity index is 2.02. The molecular weight excluding hydrogens is 270 g/mol. The molecule has 0 aliphatic carbocycles. The molecule has 21 heavy (non-hydrogen) atoms. The van der Waals surface area contributed by atoms with Crippen molar-refractivity contribution in [2.45, 2.75) is 19.8 Å². The van der Waals surface area contributed by atoms with E-state index in [1.807, 2.05) is 13.0 Å². The highest BCUT2D eigenvalue weighted by Crippen LogP contribution is 2.17. The van der Waals surface area contributed by atoms with Gasteiger partial charge in [0.25, 0.3) is 0 Å². The average molecular weight is 287 g/mol. The molecule has 6 heteroatoms. The van der Waals surface area contributed by atoms with Gasteiger partial charge in [0.1, 0.15) is 5.76 Å². The molecule has 110 valence electrons. The molecule has 0 unspecified atom stereocenters. The van der Waals surface area contributed by atoms with Crippen molar-refractivity contribution in [2.75, 3.05) is 5.32 Å². The minimum absolute atomic E-state index is 0.00100. The van der Waals surface area contributed by atoms with E-state index in [2.05, 4.69) is 10.5 Å². The fraction of sp³-hybridized carbons (Fsp3) is 0.200. The number of rotatable bonds is 5. The van der Waals surface area contributed by atoms with Crippen LogP contribution < -0.4 is 11.1 Å². The summed E-state index contributed by atoms with van der Waals surface area (Å²) < 4.78 is 5.18. The number of oxime groups is 1. The Morgan fingerprint density at radius 2 is 2.24 bits per heavy atom. The first-order chi connectivity index (χ1) is 10.1. The summed E-state index contributed by atoms with van der Waals surface area (Å²) in [6, 6.07) is 8.82. The first kappa shape index (κ1) is 14.6. The lowest BCUT2D eigenvalue weighted by atomic mass is 10.1. The number of nitrogens with zero attached hydrogens (tertiary/aromatic N) is 1. The van der Waals surface area contributed by atoms with Gasteiger partial charge in [-0.05, 0) is 30.7 Å². The molecule has 0 fully saturated rings. The Morgan fingerprint density at radius 1 is 1.43 bits per heavy atom. The summed E-state index contributed by atoms with van der Waals surface area (Å²) in [5, 5.41) is 14.5. The maximum atomic E-state index is 11.9. The van der Waals surface area contributed by atoms with Crippen LogP contribution in [0, 0.1) is 6.92 Å². The zero-order valence-corrected chi connectivity index (χ0v) is 11.7. The van der Waals surface area contributed by atoms with Gasteiger partial charge in [0.2, 0.25) is 5.91 Å². The van der Waals surface area contributed by atoms with E-state index in [9.17, 15) is 4.79 Å². The highest BCUT2D eigenvalue weighted by atomic mass is 16.4. The zero-order valence-electron chi connectivity index (χ0n) is 11.7. The third kappa shape index (κ3) is 3.85. The molecule has 0 spiro atoms. The van der Waals surface area contributed by atoms with Crippen molar-refractivity contribution in [2.24, 2.45) is 10.9 Å². The van der Waals surface area contributed by atoms with E-state index in [-0.39, 0.29) is 11.7 Å². The second-order valence-corrected chi connectivity index (χ2v) is 4.64. The van der Waals surface area contributed by atoms with Crippen LogP contribution in [0.25, 0.3) is 0 Å². The van der Waals surface area contributed by atoms with Crippen LogP contribution in [0.2, 0.25) is 0 Å². The summed E-state index contributed by atoms with van der Waals surface area (Å²) in [5.74, 6) is 0.652. The molecule has 1 aromatic heterocycles. The number of carbonyl (C=O) groups excluding carboxylic acids is 1. The van der Waals surface area contributed by atoms with Crippen molar-refractivity contribution < 1.29 is 14.4 Å². The normalized spacial score (nSPS) is 11.4. The van der Waals surface area contributed by atoms with E-state index in [0.717, 1.165) is 11.3 Å². The zero-order chi connectivity index (χ0) is 15.2. The Morgan fingerprint density at radius 3 is 2.90 bits per heavy atom. The van der Waals surface area contributed by atoms with Crippen molar-refractivity contribution in [1.29, 1.82) is 0 Å². The van der Waals surface area contributed by atoms with Gasteiger partial charge in [0.05, 0.1) is 6.26 Å². The molecule has 0 radical (unpaired) electrons. The summed E-state index contributed by atoms with van der Waals surface area (Å²) in [4.78, 5) is 11.9. The molecule has 1 amide bonds. The quantitative estimate of drug-likeness (QED) is 0.340. The molecule has 6 nitrogen and oxygen atoms in total. The first-order valence-electron chi connectivity index (χ1n) is 6.51. The predicted molar refractivity (Wildman–Crippen MR) is 79.3 cm³/mol. The lowest BCUT2D eigenvalue weighted by Gasteiger charge is -2.10. The van der Waals surface area contributed by atoms with E-state index in [1.54, 1.807) is 30.5 Å². The lowest BCUT2D eigenvalue weighted by Crippen LogP contribution is -2.16. The van der Waals surface area contributed by atoms with Crippen molar-refractivity contribution in [3.05, 3.63) is 53.5 Å². The molecule has 1 aromatic carbocycles. The largest absolute Gasteiger partial charge is 0.469 e. The maximum Gasteiger partial charge on any atom is 0.224 e. The molecule has 2 rings (SSSR count). The molecular formula is C15H17N3O3. The van der Waals surface area contributed by atoms with E-state index >= 15 is 0 Å². The average Bonchev–Trinajstić information content (AvgIpc) is 3.00. The van der Waals surface area contributed by atoms with Gasteiger partial charge in [-0.15, -0.1) is 0 Å². The number of furan rings is 1. The number of nitrogens with two attached hydrogens (primary N) is 1. The second kappa shape index (κ2) is 6.60. The number of benzene rings is 1. The van der Waals surface area contributed by atoms with E-state index in [1.165, 1.54) is 0 Å².